The highest BCUT2D eigenvalue weighted by Crippen LogP contribution is 2.37. The molecule has 0 saturated heterocycles. The van der Waals surface area contributed by atoms with E-state index in [0.717, 1.165) is 0 Å². The summed E-state index contributed by atoms with van der Waals surface area (Å²) in [6, 6.07) is 18.0. The van der Waals surface area contributed by atoms with Crippen LogP contribution in [-0.4, -0.2) is 50.4 Å². The Labute approximate surface area is 377 Å². The molecule has 0 aliphatic rings. The minimum Gasteiger partial charge on any atom is -0.465 e. The first-order chi connectivity index (χ1) is 30.3. The lowest BCUT2D eigenvalue weighted by atomic mass is 9.83. The normalized spacial score (nSPS) is 16.1. The largest absolute Gasteiger partial charge is 0.465 e. The molecular weight excluding hydrogens is 817 g/mol. The molecule has 0 fully saturated rings. The Hall–Kier alpha value is -5.59. The average molecular weight is 883 g/mol. The van der Waals surface area contributed by atoms with E-state index in [-0.39, 0.29) is 10.9 Å². The summed E-state index contributed by atoms with van der Waals surface area (Å²) >= 11 is 0. The third kappa shape index (κ3) is 11.6. The minimum atomic E-state index is -1.08. The van der Waals surface area contributed by atoms with Crippen LogP contribution in [0.5, 0.6) is 0 Å². The summed E-state index contributed by atoms with van der Waals surface area (Å²) < 4.78 is 42.7. The van der Waals surface area contributed by atoms with Gasteiger partial charge >= 0.3 is 17.9 Å². The highest BCUT2D eigenvalue weighted by molar-refractivity contribution is 5.77. The summed E-state index contributed by atoms with van der Waals surface area (Å²) in [5.41, 5.74) is 3.14. The van der Waals surface area contributed by atoms with Crippen molar-refractivity contribution in [3.8, 4) is 0 Å². The number of benzene rings is 2. The third-order valence-corrected chi connectivity index (χ3v) is 12.2. The second kappa shape index (κ2) is 22.9. The predicted molar refractivity (Wildman–Crippen MR) is 244 cm³/mol. The van der Waals surface area contributed by atoms with E-state index in [1.807, 2.05) is 71.9 Å². The number of rotatable bonds is 20. The summed E-state index contributed by atoms with van der Waals surface area (Å²) in [6.45, 7) is 21.1. The zero-order chi connectivity index (χ0) is 47.6. The van der Waals surface area contributed by atoms with Crippen molar-refractivity contribution in [3.05, 3.63) is 149 Å². The molecule has 0 amide bonds. The van der Waals surface area contributed by atoms with E-state index in [0.29, 0.717) is 74.8 Å². The van der Waals surface area contributed by atoms with E-state index in [1.165, 1.54) is 21.1 Å². The monoisotopic (exact) mass is 882 g/mol. The van der Waals surface area contributed by atoms with Gasteiger partial charge in [0.15, 0.2) is 23.1 Å². The van der Waals surface area contributed by atoms with Crippen LogP contribution in [0.4, 0.5) is 0 Å². The van der Waals surface area contributed by atoms with E-state index in [1.54, 1.807) is 71.0 Å². The van der Waals surface area contributed by atoms with Crippen LogP contribution in [0.25, 0.3) is 0 Å². The second-order valence-corrected chi connectivity index (χ2v) is 16.7. The highest BCUT2D eigenvalue weighted by Gasteiger charge is 2.40. The first-order valence-electron chi connectivity index (χ1n) is 22.0. The Morgan fingerprint density at radius 2 is 1.09 bits per heavy atom. The van der Waals surface area contributed by atoms with Crippen LogP contribution in [0.1, 0.15) is 148 Å². The van der Waals surface area contributed by atoms with Gasteiger partial charge in [-0.2, -0.15) is 0 Å². The molecule has 0 unspecified atom stereocenters. The lowest BCUT2D eigenvalue weighted by Crippen LogP contribution is -2.41. The van der Waals surface area contributed by atoms with Crippen LogP contribution in [-0.2, 0) is 44.5 Å². The topological polar surface area (TPSA) is 158 Å². The van der Waals surface area contributed by atoms with E-state index in [2.05, 4.69) is 0 Å². The van der Waals surface area contributed by atoms with E-state index in [4.69, 9.17) is 32.5 Å². The van der Waals surface area contributed by atoms with Crippen molar-refractivity contribution < 1.29 is 46.9 Å². The quantitative estimate of drug-likeness (QED) is 0.0471. The van der Waals surface area contributed by atoms with Crippen molar-refractivity contribution in [1.82, 2.24) is 0 Å². The van der Waals surface area contributed by atoms with Crippen molar-refractivity contribution in [2.24, 2.45) is 5.92 Å². The molecule has 0 aliphatic heterocycles. The number of methoxy groups -OCH3 is 2. The summed E-state index contributed by atoms with van der Waals surface area (Å²) in [5.74, 6) is -2.58. The Kier molecular flexibility index (Phi) is 18.2. The molecule has 9 atom stereocenters. The number of aryl methyl sites for hydroxylation is 1. The number of allylic oxidation sites excluding steroid dienone is 1. The molecule has 0 bridgehead atoms. The van der Waals surface area contributed by atoms with Gasteiger partial charge in [0.25, 0.3) is 0 Å². The maximum Gasteiger partial charge on any atom is 0.340 e. The van der Waals surface area contributed by atoms with Gasteiger partial charge in [-0.05, 0) is 57.7 Å². The van der Waals surface area contributed by atoms with Gasteiger partial charge in [0.05, 0.1) is 11.8 Å². The molecule has 4 aromatic rings. The molecule has 0 saturated carbocycles. The van der Waals surface area contributed by atoms with E-state index < -0.39 is 72.1 Å². The standard InChI is InChI=1S/C52H66O12/c1-15-40-30(5)42(54)33(8)47(61-40)36(11)48(60-37(12)53)35(10)45(64-52(57)50(59-14)39-25-21-18-22-26-39)29(4)27-28(3)44-32(7)43(55)34(9)46(63-44)31(6)41(16-2)62-51(56)49(58-13)38-23-19-17-20-24-38/h17-28,31,35-36,41,45,48-50H,15-16H2,1-14H3/b29-27+/t28-,31+,35+,36+,41+,45-,48-,49-,50-/m1/s1. The number of carbonyl (C=O) groups excluding carboxylic acids is 3. The predicted octanol–water partition coefficient (Wildman–Crippen LogP) is 9.92. The lowest BCUT2D eigenvalue weighted by Gasteiger charge is -2.35. The van der Waals surface area contributed by atoms with Crippen LogP contribution in [0.3, 0.4) is 0 Å². The van der Waals surface area contributed by atoms with Crippen LogP contribution >= 0.6 is 0 Å². The third-order valence-electron chi connectivity index (χ3n) is 12.2. The molecule has 2 heterocycles. The molecule has 0 aliphatic carbocycles. The molecule has 4 rings (SSSR count). The number of esters is 3. The minimum absolute atomic E-state index is 0.156. The number of carbonyl (C=O) groups is 3. The fourth-order valence-corrected chi connectivity index (χ4v) is 8.68. The highest BCUT2D eigenvalue weighted by atomic mass is 16.6. The van der Waals surface area contributed by atoms with Crippen molar-refractivity contribution >= 4 is 17.9 Å². The van der Waals surface area contributed by atoms with Gasteiger partial charge in [-0.3, -0.25) is 14.4 Å². The van der Waals surface area contributed by atoms with Crippen molar-refractivity contribution in [2.75, 3.05) is 14.2 Å². The molecule has 346 valence electrons. The van der Waals surface area contributed by atoms with Crippen LogP contribution in [0, 0.1) is 33.6 Å². The van der Waals surface area contributed by atoms with Gasteiger partial charge in [-0.1, -0.05) is 108 Å². The number of hydrogen-bond donors (Lipinski definition) is 0. The van der Waals surface area contributed by atoms with Gasteiger partial charge in [0.1, 0.15) is 41.4 Å². The summed E-state index contributed by atoms with van der Waals surface area (Å²) in [6.07, 6.45) is -1.87. The first-order valence-corrected chi connectivity index (χ1v) is 22.0. The Bertz CT molecular complexity index is 2380. The van der Waals surface area contributed by atoms with Crippen LogP contribution in [0.2, 0.25) is 0 Å². The second-order valence-electron chi connectivity index (χ2n) is 16.7. The Morgan fingerprint density at radius 1 is 0.625 bits per heavy atom. The smallest absolute Gasteiger partial charge is 0.340 e. The average Bonchev–Trinajstić information content (AvgIpc) is 3.28. The van der Waals surface area contributed by atoms with E-state index in [9.17, 15) is 24.0 Å². The molecule has 0 N–H and O–H groups in total. The molecule has 12 nitrogen and oxygen atoms in total. The molecule has 0 radical (unpaired) electrons. The Morgan fingerprint density at radius 3 is 1.56 bits per heavy atom. The van der Waals surface area contributed by atoms with Gasteiger partial charge < -0.3 is 32.5 Å². The first kappa shape index (κ1) is 51.0. The fraction of sp³-hybridized carbons (Fsp3) is 0.481. The number of hydrogen-bond acceptors (Lipinski definition) is 12. The van der Waals surface area contributed by atoms with Crippen molar-refractivity contribution in [2.45, 2.75) is 144 Å². The number of ether oxygens (including phenoxy) is 5. The molecule has 12 heteroatoms. The summed E-state index contributed by atoms with van der Waals surface area (Å²) in [7, 11) is 2.87. The van der Waals surface area contributed by atoms with E-state index >= 15 is 0 Å². The molecule has 0 spiro atoms. The van der Waals surface area contributed by atoms with Gasteiger partial charge in [-0.15, -0.1) is 0 Å². The van der Waals surface area contributed by atoms with Crippen LogP contribution in [0.15, 0.2) is 90.7 Å². The zero-order valence-corrected chi connectivity index (χ0v) is 39.9. The lowest BCUT2D eigenvalue weighted by molar-refractivity contribution is -0.167. The SMILES string of the molecule is CCc1oc([C@H](C)[C@H](OC(C)=O)[C@@H](C)[C@H](OC(=O)[C@H](OC)c2ccccc2)/C(C)=C/[C@@H](C)c2oc([C@@H](C)[C@H](CC)OC(=O)[C@H](OC)c3ccccc3)c(C)c(=O)c2C)c(C)c(=O)c1C. The maximum atomic E-state index is 14.2. The van der Waals surface area contributed by atoms with Gasteiger partial charge in [-0.25, -0.2) is 9.59 Å². The maximum absolute atomic E-state index is 14.2. The molecule has 64 heavy (non-hydrogen) atoms. The summed E-state index contributed by atoms with van der Waals surface area (Å²) in [4.78, 5) is 67.8. The summed E-state index contributed by atoms with van der Waals surface area (Å²) in [5, 5.41) is 0. The molecular formula is C52H66O12. The molecule has 2 aromatic heterocycles. The van der Waals surface area contributed by atoms with Crippen LogP contribution < -0.4 is 10.9 Å². The van der Waals surface area contributed by atoms with Crippen molar-refractivity contribution in [1.29, 1.82) is 0 Å². The van der Waals surface area contributed by atoms with Gasteiger partial charge in [0, 0.05) is 61.7 Å². The zero-order valence-electron chi connectivity index (χ0n) is 39.9. The fourth-order valence-electron chi connectivity index (χ4n) is 8.68. The molecule has 2 aromatic carbocycles. The van der Waals surface area contributed by atoms with Crippen molar-refractivity contribution in [3.63, 3.8) is 0 Å². The Balaban J connectivity index is 1.80. The van der Waals surface area contributed by atoms with Gasteiger partial charge in [0.2, 0.25) is 0 Å².